The van der Waals surface area contributed by atoms with Gasteiger partial charge in [0.15, 0.2) is 0 Å². The summed E-state index contributed by atoms with van der Waals surface area (Å²) in [7, 11) is 0. The second-order valence-corrected chi connectivity index (χ2v) is 4.20. The second kappa shape index (κ2) is 14.2. The van der Waals surface area contributed by atoms with E-state index in [0.29, 0.717) is 0 Å². The van der Waals surface area contributed by atoms with E-state index in [0.717, 1.165) is 38.4 Å². The lowest BCUT2D eigenvalue weighted by Gasteiger charge is -1.96. The minimum Gasteiger partial charge on any atom is -0.303 e. The van der Waals surface area contributed by atoms with Crippen molar-refractivity contribution in [1.82, 2.24) is 0 Å². The van der Waals surface area contributed by atoms with Crippen molar-refractivity contribution < 1.29 is 4.79 Å². The van der Waals surface area contributed by atoms with Crippen LogP contribution in [0.2, 0.25) is 0 Å². The van der Waals surface area contributed by atoms with Gasteiger partial charge in [0.05, 0.1) is 0 Å². The van der Waals surface area contributed by atoms with E-state index >= 15 is 0 Å². The van der Waals surface area contributed by atoms with Crippen LogP contribution in [-0.4, -0.2) is 6.29 Å². The highest BCUT2D eigenvalue weighted by atomic mass is 16.1. The molecule has 1 heteroatoms. The van der Waals surface area contributed by atoms with Crippen LogP contribution in [0.3, 0.4) is 0 Å². The molecule has 0 aromatic rings. The Hall–Kier alpha value is -0.850. The van der Waals surface area contributed by atoms with Gasteiger partial charge in [-0.3, -0.25) is 0 Å². The topological polar surface area (TPSA) is 17.1 Å². The van der Waals surface area contributed by atoms with Gasteiger partial charge >= 0.3 is 0 Å². The van der Waals surface area contributed by atoms with Gasteiger partial charge in [0.1, 0.15) is 6.29 Å². The molecular formula is C15H26O. The van der Waals surface area contributed by atoms with Gasteiger partial charge in [-0.15, -0.1) is 6.58 Å². The third-order valence-corrected chi connectivity index (χ3v) is 2.64. The normalized spacial score (nSPS) is 10.8. The molecule has 0 unspecified atom stereocenters. The lowest BCUT2D eigenvalue weighted by atomic mass is 10.1. The van der Waals surface area contributed by atoms with Crippen LogP contribution < -0.4 is 0 Å². The zero-order valence-corrected chi connectivity index (χ0v) is 10.5. The van der Waals surface area contributed by atoms with Gasteiger partial charge < -0.3 is 4.79 Å². The molecule has 0 bridgehead atoms. The van der Waals surface area contributed by atoms with Crippen molar-refractivity contribution in [3.05, 3.63) is 24.8 Å². The van der Waals surface area contributed by atoms with Crippen LogP contribution >= 0.6 is 0 Å². The minimum atomic E-state index is 0.719. The first-order valence-corrected chi connectivity index (χ1v) is 6.61. The zero-order chi connectivity index (χ0) is 11.9. The SMILES string of the molecule is C=CCCCCCC/C=C\CCCCC=O. The molecule has 0 fully saturated rings. The van der Waals surface area contributed by atoms with E-state index in [1.165, 1.54) is 32.1 Å². The molecule has 0 saturated carbocycles. The van der Waals surface area contributed by atoms with E-state index in [1.54, 1.807) is 0 Å². The summed E-state index contributed by atoms with van der Waals surface area (Å²) in [5, 5.41) is 0. The first kappa shape index (κ1) is 15.2. The van der Waals surface area contributed by atoms with Gasteiger partial charge in [-0.1, -0.05) is 31.1 Å². The highest BCUT2D eigenvalue weighted by Crippen LogP contribution is 2.07. The van der Waals surface area contributed by atoms with Crippen molar-refractivity contribution >= 4 is 6.29 Å². The Morgan fingerprint density at radius 2 is 1.19 bits per heavy atom. The molecule has 0 spiro atoms. The Morgan fingerprint density at radius 1 is 0.688 bits per heavy atom. The van der Waals surface area contributed by atoms with Crippen molar-refractivity contribution in [3.63, 3.8) is 0 Å². The third kappa shape index (κ3) is 13.2. The molecule has 0 aliphatic rings. The molecule has 0 aliphatic carbocycles. The summed E-state index contributed by atoms with van der Waals surface area (Å²) in [6.07, 6.45) is 19.2. The van der Waals surface area contributed by atoms with Gasteiger partial charge in [0.2, 0.25) is 0 Å². The standard InChI is InChI=1S/C15H26O/c1-2-3-4-5-6-7-8-9-10-11-12-13-14-15-16/h2,9-10,15H,1,3-8,11-14H2/b10-9-. The number of hydrogen-bond acceptors (Lipinski definition) is 1. The van der Waals surface area contributed by atoms with Gasteiger partial charge in [-0.2, -0.15) is 0 Å². The number of aldehydes is 1. The Labute approximate surface area is 101 Å². The van der Waals surface area contributed by atoms with Crippen LogP contribution in [0.25, 0.3) is 0 Å². The maximum absolute atomic E-state index is 10.1. The summed E-state index contributed by atoms with van der Waals surface area (Å²) in [6, 6.07) is 0. The first-order chi connectivity index (χ1) is 7.91. The summed E-state index contributed by atoms with van der Waals surface area (Å²) in [4.78, 5) is 10.1. The van der Waals surface area contributed by atoms with Crippen molar-refractivity contribution in [2.45, 2.75) is 64.2 Å². The Bertz CT molecular complexity index is 182. The smallest absolute Gasteiger partial charge is 0.119 e. The molecule has 0 atom stereocenters. The molecule has 0 saturated heterocycles. The summed E-state index contributed by atoms with van der Waals surface area (Å²) < 4.78 is 0. The molecule has 0 radical (unpaired) electrons. The van der Waals surface area contributed by atoms with Crippen LogP contribution in [0.15, 0.2) is 24.8 Å². The van der Waals surface area contributed by atoms with Crippen molar-refractivity contribution in [1.29, 1.82) is 0 Å². The van der Waals surface area contributed by atoms with Gasteiger partial charge in [0, 0.05) is 6.42 Å². The number of carbonyl (C=O) groups is 1. The van der Waals surface area contributed by atoms with E-state index < -0.39 is 0 Å². The molecule has 0 aromatic heterocycles. The molecule has 1 nitrogen and oxygen atoms in total. The number of carbonyl (C=O) groups excluding carboxylic acids is 1. The number of allylic oxidation sites excluding steroid dienone is 3. The zero-order valence-electron chi connectivity index (χ0n) is 10.5. The largest absolute Gasteiger partial charge is 0.303 e. The molecule has 0 amide bonds. The summed E-state index contributed by atoms with van der Waals surface area (Å²) in [6.45, 7) is 3.72. The molecule has 0 aliphatic heterocycles. The van der Waals surface area contributed by atoms with E-state index in [-0.39, 0.29) is 0 Å². The highest BCUT2D eigenvalue weighted by molar-refractivity contribution is 5.48. The number of hydrogen-bond donors (Lipinski definition) is 0. The molecule has 0 heterocycles. The third-order valence-electron chi connectivity index (χ3n) is 2.64. The van der Waals surface area contributed by atoms with Gasteiger partial charge in [-0.25, -0.2) is 0 Å². The lowest BCUT2D eigenvalue weighted by Crippen LogP contribution is -1.78. The summed E-state index contributed by atoms with van der Waals surface area (Å²) >= 11 is 0. The fourth-order valence-corrected chi connectivity index (χ4v) is 1.63. The van der Waals surface area contributed by atoms with Crippen molar-refractivity contribution in [3.8, 4) is 0 Å². The first-order valence-electron chi connectivity index (χ1n) is 6.61. The van der Waals surface area contributed by atoms with Crippen LogP contribution in [0.4, 0.5) is 0 Å². The van der Waals surface area contributed by atoms with Crippen molar-refractivity contribution in [2.75, 3.05) is 0 Å². The van der Waals surface area contributed by atoms with Crippen molar-refractivity contribution in [2.24, 2.45) is 0 Å². The van der Waals surface area contributed by atoms with E-state index in [2.05, 4.69) is 18.7 Å². The summed E-state index contributed by atoms with van der Waals surface area (Å²) in [5.74, 6) is 0. The monoisotopic (exact) mass is 222 g/mol. The lowest BCUT2D eigenvalue weighted by molar-refractivity contribution is -0.107. The average molecular weight is 222 g/mol. The Balaban J connectivity index is 3.03. The molecular weight excluding hydrogens is 196 g/mol. The Morgan fingerprint density at radius 3 is 1.75 bits per heavy atom. The molecule has 0 rings (SSSR count). The van der Waals surface area contributed by atoms with E-state index in [9.17, 15) is 4.79 Å². The predicted octanol–water partition coefficient (Wildman–Crippen LogP) is 4.83. The van der Waals surface area contributed by atoms with Crippen LogP contribution in [-0.2, 0) is 4.79 Å². The molecule has 0 aromatic carbocycles. The highest BCUT2D eigenvalue weighted by Gasteiger charge is 1.87. The quantitative estimate of drug-likeness (QED) is 0.262. The molecule has 92 valence electrons. The fraction of sp³-hybridized carbons (Fsp3) is 0.667. The Kier molecular flexibility index (Phi) is 13.4. The predicted molar refractivity (Wildman–Crippen MR) is 71.6 cm³/mol. The number of unbranched alkanes of at least 4 members (excludes halogenated alkanes) is 8. The van der Waals surface area contributed by atoms with Crippen LogP contribution in [0.1, 0.15) is 64.2 Å². The minimum absolute atomic E-state index is 0.719. The van der Waals surface area contributed by atoms with E-state index in [4.69, 9.17) is 0 Å². The fourth-order valence-electron chi connectivity index (χ4n) is 1.63. The molecule has 16 heavy (non-hydrogen) atoms. The maximum atomic E-state index is 10.1. The molecule has 0 N–H and O–H groups in total. The number of rotatable bonds is 12. The average Bonchev–Trinajstić information content (AvgIpc) is 2.31. The summed E-state index contributed by atoms with van der Waals surface area (Å²) in [5.41, 5.74) is 0. The van der Waals surface area contributed by atoms with E-state index in [1.807, 2.05) is 6.08 Å². The van der Waals surface area contributed by atoms with Crippen LogP contribution in [0, 0.1) is 0 Å². The second-order valence-electron chi connectivity index (χ2n) is 4.20. The van der Waals surface area contributed by atoms with Gasteiger partial charge in [0.25, 0.3) is 0 Å². The maximum Gasteiger partial charge on any atom is 0.119 e. The van der Waals surface area contributed by atoms with Gasteiger partial charge in [-0.05, 0) is 44.9 Å². The van der Waals surface area contributed by atoms with Crippen LogP contribution in [0.5, 0.6) is 0 Å².